The molecule has 0 aromatic rings. The number of ether oxygens (including phenoxy) is 3. The van der Waals surface area contributed by atoms with Gasteiger partial charge in [0.05, 0.1) is 26.4 Å². The number of hydrogen-bond donors (Lipinski definition) is 2. The molecule has 0 spiro atoms. The Kier molecular flexibility index (Phi) is 11.8. The molecule has 2 unspecified atom stereocenters. The molecule has 158 valence electrons. The number of amides is 1. The molecule has 0 radical (unpaired) electrons. The Morgan fingerprint density at radius 2 is 2.11 bits per heavy atom. The summed E-state index contributed by atoms with van der Waals surface area (Å²) >= 11 is 0. The fourth-order valence-corrected chi connectivity index (χ4v) is 3.20. The van der Waals surface area contributed by atoms with Gasteiger partial charge in [-0.1, -0.05) is 13.8 Å². The summed E-state index contributed by atoms with van der Waals surface area (Å²) in [6.45, 7) is 11.0. The van der Waals surface area contributed by atoms with Crippen molar-refractivity contribution >= 4 is 12.1 Å². The van der Waals surface area contributed by atoms with Crippen molar-refractivity contribution in [2.45, 2.75) is 39.7 Å². The Balaban J connectivity index is 2.45. The van der Waals surface area contributed by atoms with E-state index < -0.39 is 0 Å². The lowest BCUT2D eigenvalue weighted by Gasteiger charge is -2.25. The van der Waals surface area contributed by atoms with Crippen molar-refractivity contribution in [1.82, 2.24) is 15.5 Å². The monoisotopic (exact) mass is 386 g/mol. The average Bonchev–Trinajstić information content (AvgIpc) is 3.07. The lowest BCUT2D eigenvalue weighted by molar-refractivity contribution is 0.0536. The van der Waals surface area contributed by atoms with E-state index in [1.165, 1.54) is 0 Å². The van der Waals surface area contributed by atoms with Crippen molar-refractivity contribution < 1.29 is 19.0 Å². The molecular weight excluding hydrogens is 348 g/mol. The number of carbonyl (C=O) groups excluding carboxylic acids is 1. The van der Waals surface area contributed by atoms with E-state index in [0.717, 1.165) is 38.5 Å². The highest BCUT2D eigenvalue weighted by Gasteiger charge is 2.25. The van der Waals surface area contributed by atoms with Gasteiger partial charge in [0.1, 0.15) is 0 Å². The van der Waals surface area contributed by atoms with Crippen LogP contribution in [0.4, 0.5) is 4.79 Å². The molecule has 0 bridgehead atoms. The smallest absolute Gasteiger partial charge is 0.407 e. The van der Waals surface area contributed by atoms with Gasteiger partial charge in [-0.05, 0) is 25.7 Å². The number of nitrogens with zero attached hydrogens (tertiary/aromatic N) is 2. The molecule has 1 heterocycles. The summed E-state index contributed by atoms with van der Waals surface area (Å²) in [5, 5.41) is 6.34. The lowest BCUT2D eigenvalue weighted by atomic mass is 10.0. The van der Waals surface area contributed by atoms with E-state index in [9.17, 15) is 4.79 Å². The van der Waals surface area contributed by atoms with E-state index >= 15 is 0 Å². The molecule has 0 aliphatic carbocycles. The molecule has 1 rings (SSSR count). The minimum absolute atomic E-state index is 0.00317. The molecule has 2 N–H and O–H groups in total. The van der Waals surface area contributed by atoms with Gasteiger partial charge in [-0.15, -0.1) is 0 Å². The first kappa shape index (κ1) is 23.5. The summed E-state index contributed by atoms with van der Waals surface area (Å²) in [4.78, 5) is 18.4. The zero-order valence-corrected chi connectivity index (χ0v) is 17.6. The van der Waals surface area contributed by atoms with E-state index in [1.807, 2.05) is 0 Å². The van der Waals surface area contributed by atoms with E-state index in [4.69, 9.17) is 14.2 Å². The van der Waals surface area contributed by atoms with Crippen molar-refractivity contribution in [3.05, 3.63) is 0 Å². The van der Waals surface area contributed by atoms with Gasteiger partial charge in [0.2, 0.25) is 0 Å². The Morgan fingerprint density at radius 1 is 1.33 bits per heavy atom. The van der Waals surface area contributed by atoms with Crippen molar-refractivity contribution in [3.8, 4) is 0 Å². The quantitative estimate of drug-likeness (QED) is 0.319. The van der Waals surface area contributed by atoms with Crippen molar-refractivity contribution in [3.63, 3.8) is 0 Å². The van der Waals surface area contributed by atoms with Gasteiger partial charge in [0.15, 0.2) is 5.96 Å². The van der Waals surface area contributed by atoms with Crippen molar-refractivity contribution in [2.24, 2.45) is 16.8 Å². The molecule has 0 aromatic heterocycles. The molecule has 1 amide bonds. The predicted octanol–water partition coefficient (Wildman–Crippen LogP) is 1.71. The maximum atomic E-state index is 11.8. The summed E-state index contributed by atoms with van der Waals surface area (Å²) in [6.07, 6.45) is 1.59. The first-order valence-corrected chi connectivity index (χ1v) is 9.95. The topological polar surface area (TPSA) is 84.4 Å². The second-order valence-corrected chi connectivity index (χ2v) is 7.29. The van der Waals surface area contributed by atoms with Crippen LogP contribution in [0, 0.1) is 11.8 Å². The largest absolute Gasteiger partial charge is 0.450 e. The van der Waals surface area contributed by atoms with Crippen LogP contribution in [0.2, 0.25) is 0 Å². The Labute approximate surface area is 164 Å². The number of alkyl carbamates (subject to hydrolysis) is 1. The maximum absolute atomic E-state index is 11.8. The third-order valence-corrected chi connectivity index (χ3v) is 4.44. The van der Waals surface area contributed by atoms with Gasteiger partial charge in [0, 0.05) is 45.8 Å². The molecule has 8 nitrogen and oxygen atoms in total. The number of guanidine groups is 1. The van der Waals surface area contributed by atoms with Gasteiger partial charge in [-0.3, -0.25) is 4.99 Å². The molecule has 27 heavy (non-hydrogen) atoms. The average molecular weight is 387 g/mol. The van der Waals surface area contributed by atoms with E-state index in [-0.39, 0.29) is 12.1 Å². The van der Waals surface area contributed by atoms with Crippen molar-refractivity contribution in [1.29, 1.82) is 0 Å². The Hall–Kier alpha value is -1.54. The molecule has 1 saturated heterocycles. The minimum atomic E-state index is -0.366. The molecule has 1 fully saturated rings. The third kappa shape index (κ3) is 9.81. The summed E-state index contributed by atoms with van der Waals surface area (Å²) < 4.78 is 15.7. The maximum Gasteiger partial charge on any atom is 0.407 e. The second-order valence-electron chi connectivity index (χ2n) is 7.29. The molecule has 8 heteroatoms. The second kappa shape index (κ2) is 13.6. The van der Waals surface area contributed by atoms with Gasteiger partial charge >= 0.3 is 6.09 Å². The molecular formula is C19H38N4O4. The van der Waals surface area contributed by atoms with Crippen molar-refractivity contribution in [2.75, 3.05) is 60.2 Å². The summed E-state index contributed by atoms with van der Waals surface area (Å²) in [7, 11) is 3.47. The fraction of sp³-hybridized carbons (Fsp3) is 0.895. The summed E-state index contributed by atoms with van der Waals surface area (Å²) in [5.41, 5.74) is 0. The first-order chi connectivity index (χ1) is 13.0. The van der Waals surface area contributed by atoms with Crippen LogP contribution in [0.5, 0.6) is 0 Å². The third-order valence-electron chi connectivity index (χ3n) is 4.44. The van der Waals surface area contributed by atoms with Crippen LogP contribution >= 0.6 is 0 Å². The molecule has 1 aliphatic rings. The number of aliphatic imine (C=N–C) groups is 1. The zero-order valence-electron chi connectivity index (χ0n) is 17.6. The highest BCUT2D eigenvalue weighted by Crippen LogP contribution is 2.16. The van der Waals surface area contributed by atoms with Crippen LogP contribution in [0.15, 0.2) is 4.99 Å². The van der Waals surface area contributed by atoms with E-state index in [1.54, 1.807) is 21.1 Å². The van der Waals surface area contributed by atoms with Crippen LogP contribution in [-0.2, 0) is 14.2 Å². The van der Waals surface area contributed by atoms with Gasteiger partial charge in [-0.2, -0.15) is 0 Å². The van der Waals surface area contributed by atoms with Crippen LogP contribution in [0.25, 0.3) is 0 Å². The predicted molar refractivity (Wildman–Crippen MR) is 107 cm³/mol. The fourth-order valence-electron chi connectivity index (χ4n) is 3.20. The normalized spacial score (nSPS) is 18.7. The van der Waals surface area contributed by atoms with Gasteiger partial charge in [0.25, 0.3) is 0 Å². The van der Waals surface area contributed by atoms with Crippen LogP contribution < -0.4 is 10.6 Å². The highest BCUT2D eigenvalue weighted by atomic mass is 16.5. The number of carbonyl (C=O) groups is 1. The molecule has 0 saturated carbocycles. The summed E-state index contributed by atoms with van der Waals surface area (Å²) in [5.74, 6) is 1.85. The number of methoxy groups -OCH3 is 1. The van der Waals surface area contributed by atoms with Gasteiger partial charge in [-0.25, -0.2) is 4.79 Å². The van der Waals surface area contributed by atoms with Crippen LogP contribution in [0.1, 0.15) is 33.6 Å². The van der Waals surface area contributed by atoms with E-state index in [2.05, 4.69) is 34.4 Å². The number of likely N-dealkylation sites (tertiary alicyclic amines) is 1. The van der Waals surface area contributed by atoms with Gasteiger partial charge < -0.3 is 29.7 Å². The SMILES string of the molecule is CCOC(=O)NC(CNC(=NC)N1CCC(COCCOC)C1)CC(C)C. The highest BCUT2D eigenvalue weighted by molar-refractivity contribution is 5.80. The zero-order chi connectivity index (χ0) is 20.1. The minimum Gasteiger partial charge on any atom is -0.450 e. The van der Waals surface area contributed by atoms with E-state index in [0.29, 0.717) is 38.2 Å². The van der Waals surface area contributed by atoms with Crippen LogP contribution in [0.3, 0.4) is 0 Å². The molecule has 1 aliphatic heterocycles. The summed E-state index contributed by atoms with van der Waals surface area (Å²) in [6, 6.07) is -0.00317. The number of hydrogen-bond acceptors (Lipinski definition) is 5. The lowest BCUT2D eigenvalue weighted by Crippen LogP contribution is -2.48. The standard InChI is InChI=1S/C19H38N4O4/c1-6-27-19(24)22-17(11-15(2)3)12-21-18(20-4)23-8-7-16(13-23)14-26-10-9-25-5/h15-17H,6-14H2,1-5H3,(H,20,21)(H,22,24). The Morgan fingerprint density at radius 3 is 2.74 bits per heavy atom. The molecule has 0 aromatic carbocycles. The van der Waals surface area contributed by atoms with Crippen LogP contribution in [-0.4, -0.2) is 83.2 Å². The number of nitrogens with one attached hydrogen (secondary N) is 2. The Bertz CT molecular complexity index is 445. The first-order valence-electron chi connectivity index (χ1n) is 9.95. The molecule has 2 atom stereocenters. The number of rotatable bonds is 11.